The van der Waals surface area contributed by atoms with Gasteiger partial charge in [0.15, 0.2) is 0 Å². The van der Waals surface area contributed by atoms with E-state index in [9.17, 15) is 8.42 Å². The Morgan fingerprint density at radius 3 is 1.88 bits per heavy atom. The molecule has 0 unspecified atom stereocenters. The molecular weight excluding hydrogens is 438 g/mol. The van der Waals surface area contributed by atoms with Crippen LogP contribution in [0, 0.1) is 11.3 Å². The van der Waals surface area contributed by atoms with Crippen LogP contribution in [-0.2, 0) is 10.0 Å². The van der Waals surface area contributed by atoms with Gasteiger partial charge in [0.2, 0.25) is 15.8 Å². The van der Waals surface area contributed by atoms with Crippen molar-refractivity contribution < 1.29 is 13.2 Å². The summed E-state index contributed by atoms with van der Waals surface area (Å²) in [4.78, 5) is 1.60. The minimum atomic E-state index is -2.94. The average molecular weight is 482 g/mol. The number of hydrogen-bond donors (Lipinski definition) is 1. The highest BCUT2D eigenvalue weighted by atomic mass is 32.2. The van der Waals surface area contributed by atoms with Gasteiger partial charge in [-0.15, -0.1) is 10.2 Å². The Labute approximate surface area is 200 Å². The predicted molar refractivity (Wildman–Crippen MR) is 135 cm³/mol. The second kappa shape index (κ2) is 12.5. The number of ether oxygens (including phenoxy) is 1. The fraction of sp³-hybridized carbons (Fsp3) is 0.708. The number of tetrazole rings is 1. The molecule has 1 aliphatic carbocycles. The van der Waals surface area contributed by atoms with Crippen LogP contribution in [-0.4, -0.2) is 47.0 Å². The molecule has 1 fully saturated rings. The molecule has 0 saturated heterocycles. The molecule has 0 bridgehead atoms. The van der Waals surface area contributed by atoms with Crippen LogP contribution in [0.5, 0.6) is 5.75 Å². The fourth-order valence-corrected chi connectivity index (χ4v) is 3.71. The van der Waals surface area contributed by atoms with Crippen LogP contribution in [0.4, 0.5) is 0 Å². The van der Waals surface area contributed by atoms with Crippen molar-refractivity contribution in [2.75, 3.05) is 7.11 Å². The molecule has 3 rings (SSSR count). The van der Waals surface area contributed by atoms with Crippen molar-refractivity contribution in [3.8, 4) is 17.1 Å². The summed E-state index contributed by atoms with van der Waals surface area (Å²) in [6.45, 7) is 19.0. The molecule has 1 saturated carbocycles. The molecular formula is C24H43N5O3S. The van der Waals surface area contributed by atoms with Gasteiger partial charge in [0, 0.05) is 11.6 Å². The zero-order valence-corrected chi connectivity index (χ0v) is 22.8. The lowest BCUT2D eigenvalue weighted by Crippen LogP contribution is -2.32. The molecule has 1 heterocycles. The fourth-order valence-electron chi connectivity index (χ4n) is 2.10. The summed E-state index contributed by atoms with van der Waals surface area (Å²) in [7, 11) is -1.30. The topological polar surface area (TPSA) is 99.0 Å². The Morgan fingerprint density at radius 2 is 1.55 bits per heavy atom. The predicted octanol–water partition coefficient (Wildman–Crippen LogP) is 5.09. The largest absolute Gasteiger partial charge is 0.497 e. The molecule has 8 nitrogen and oxygen atoms in total. The molecule has 0 radical (unpaired) electrons. The van der Waals surface area contributed by atoms with Gasteiger partial charge in [-0.1, -0.05) is 34.6 Å². The maximum Gasteiger partial charge on any atom is 0.214 e. The van der Waals surface area contributed by atoms with Crippen LogP contribution in [0.25, 0.3) is 11.4 Å². The first-order valence-corrected chi connectivity index (χ1v) is 13.2. The minimum absolute atomic E-state index is 0.0330. The number of nitrogens with zero attached hydrogens (tertiary/aromatic N) is 4. The molecule has 0 atom stereocenters. The van der Waals surface area contributed by atoms with E-state index in [1.165, 1.54) is 0 Å². The molecule has 1 aliphatic rings. The summed E-state index contributed by atoms with van der Waals surface area (Å²) in [5.74, 6) is 2.25. The SMILES string of the molecule is CC(C)C(C)(C)C.CC(C)NS(=O)(=O)C1CC1.COc1ccc(-c2nnn(C(C)C)n2)cc1. The first kappa shape index (κ1) is 29.0. The Hall–Kier alpha value is -2.00. The Balaban J connectivity index is 0.000000275. The zero-order chi connectivity index (χ0) is 25.4. The van der Waals surface area contributed by atoms with Crippen molar-refractivity contribution in [2.45, 2.75) is 92.5 Å². The lowest BCUT2D eigenvalue weighted by atomic mass is 9.84. The standard InChI is InChI=1S/C11H14N4O.C7H16.C6H13NO2S/c1-8(2)15-13-11(12-14-15)9-4-6-10(16-3)7-5-9;1-6(2)7(3,4)5;1-5(2)7-10(8,9)6-3-4-6/h4-8H,1-3H3;6H,1-5H3;5-7H,3-4H2,1-2H3. The Bertz CT molecular complexity index is 926. The molecule has 1 aromatic heterocycles. The van der Waals surface area contributed by atoms with E-state index >= 15 is 0 Å². The van der Waals surface area contributed by atoms with E-state index in [0.29, 0.717) is 11.2 Å². The van der Waals surface area contributed by atoms with Crippen LogP contribution in [0.3, 0.4) is 0 Å². The van der Waals surface area contributed by atoms with Crippen molar-refractivity contribution in [1.29, 1.82) is 0 Å². The van der Waals surface area contributed by atoms with Gasteiger partial charge in [0.05, 0.1) is 18.4 Å². The smallest absolute Gasteiger partial charge is 0.214 e. The summed E-state index contributed by atoms with van der Waals surface area (Å²) < 4.78 is 29.8. The van der Waals surface area contributed by atoms with E-state index in [1.54, 1.807) is 11.9 Å². The van der Waals surface area contributed by atoms with Crippen LogP contribution in [0.2, 0.25) is 0 Å². The summed E-state index contributed by atoms with van der Waals surface area (Å²) in [5.41, 5.74) is 1.44. The normalized spacial score (nSPS) is 14.0. The molecule has 1 N–H and O–H groups in total. The third-order valence-electron chi connectivity index (χ3n) is 5.33. The van der Waals surface area contributed by atoms with Crippen molar-refractivity contribution in [3.05, 3.63) is 24.3 Å². The lowest BCUT2D eigenvalue weighted by molar-refractivity contribution is 0.283. The van der Waals surface area contributed by atoms with Gasteiger partial charge in [-0.05, 0) is 81.3 Å². The number of nitrogens with one attached hydrogen (secondary N) is 1. The number of aromatic nitrogens is 4. The third kappa shape index (κ3) is 10.6. The number of rotatable bonds is 6. The van der Waals surface area contributed by atoms with Crippen LogP contribution >= 0.6 is 0 Å². The van der Waals surface area contributed by atoms with E-state index < -0.39 is 10.0 Å². The summed E-state index contributed by atoms with van der Waals surface area (Å²) in [6, 6.07) is 7.85. The maximum atomic E-state index is 11.1. The minimum Gasteiger partial charge on any atom is -0.497 e. The van der Waals surface area contributed by atoms with Crippen molar-refractivity contribution in [3.63, 3.8) is 0 Å². The van der Waals surface area contributed by atoms with Gasteiger partial charge in [-0.3, -0.25) is 0 Å². The lowest BCUT2D eigenvalue weighted by Gasteiger charge is -2.22. The van der Waals surface area contributed by atoms with Gasteiger partial charge in [0.25, 0.3) is 0 Å². The third-order valence-corrected chi connectivity index (χ3v) is 7.48. The molecule has 1 aromatic carbocycles. The molecule has 0 spiro atoms. The van der Waals surface area contributed by atoms with Gasteiger partial charge >= 0.3 is 0 Å². The van der Waals surface area contributed by atoms with E-state index in [0.717, 1.165) is 30.1 Å². The van der Waals surface area contributed by atoms with Gasteiger partial charge in [-0.2, -0.15) is 4.80 Å². The van der Waals surface area contributed by atoms with Crippen molar-refractivity contribution >= 4 is 10.0 Å². The highest BCUT2D eigenvalue weighted by Gasteiger charge is 2.35. The molecule has 0 aliphatic heterocycles. The number of sulfonamides is 1. The van der Waals surface area contributed by atoms with Crippen molar-refractivity contribution in [2.24, 2.45) is 11.3 Å². The van der Waals surface area contributed by atoms with Crippen LogP contribution in [0.15, 0.2) is 24.3 Å². The van der Waals surface area contributed by atoms with Crippen molar-refractivity contribution in [1.82, 2.24) is 24.9 Å². The second-order valence-electron chi connectivity index (χ2n) is 10.3. The molecule has 2 aromatic rings. The highest BCUT2D eigenvalue weighted by molar-refractivity contribution is 7.90. The van der Waals surface area contributed by atoms with Crippen LogP contribution < -0.4 is 9.46 Å². The average Bonchev–Trinajstić information content (AvgIpc) is 3.45. The maximum absolute atomic E-state index is 11.1. The monoisotopic (exact) mass is 481 g/mol. The molecule has 188 valence electrons. The summed E-state index contributed by atoms with van der Waals surface area (Å²) >= 11 is 0. The van der Waals surface area contributed by atoms with E-state index in [-0.39, 0.29) is 17.3 Å². The molecule has 33 heavy (non-hydrogen) atoms. The summed E-state index contributed by atoms with van der Waals surface area (Å²) in [5, 5.41) is 12.2. The molecule has 9 heteroatoms. The zero-order valence-electron chi connectivity index (χ0n) is 22.0. The quantitative estimate of drug-likeness (QED) is 0.617. The number of benzene rings is 1. The van der Waals surface area contributed by atoms with Gasteiger partial charge in [-0.25, -0.2) is 13.1 Å². The van der Waals surface area contributed by atoms with Gasteiger partial charge < -0.3 is 4.74 Å². The van der Waals surface area contributed by atoms with Crippen LogP contribution in [0.1, 0.15) is 81.2 Å². The Kier molecular flexibility index (Phi) is 11.0. The highest BCUT2D eigenvalue weighted by Crippen LogP contribution is 2.27. The van der Waals surface area contributed by atoms with E-state index in [1.807, 2.05) is 52.0 Å². The Morgan fingerprint density at radius 1 is 1.03 bits per heavy atom. The second-order valence-corrected chi connectivity index (χ2v) is 12.3. The number of methoxy groups -OCH3 is 1. The first-order chi connectivity index (χ1) is 15.2. The van der Waals surface area contributed by atoms with E-state index in [4.69, 9.17) is 4.74 Å². The molecule has 0 amide bonds. The number of hydrogen-bond acceptors (Lipinski definition) is 6. The first-order valence-electron chi connectivity index (χ1n) is 11.6. The van der Waals surface area contributed by atoms with E-state index in [2.05, 4.69) is 54.8 Å². The summed E-state index contributed by atoms with van der Waals surface area (Å²) in [6.07, 6.45) is 1.67. The van der Waals surface area contributed by atoms with Gasteiger partial charge in [0.1, 0.15) is 5.75 Å².